The Morgan fingerprint density at radius 2 is 2.00 bits per heavy atom. The molecule has 5 nitrogen and oxygen atoms in total. The molecule has 128 valence electrons. The molecule has 1 unspecified atom stereocenters. The van der Waals surface area contributed by atoms with Crippen molar-refractivity contribution in [3.05, 3.63) is 36.5 Å². The van der Waals surface area contributed by atoms with Crippen molar-refractivity contribution in [1.29, 1.82) is 0 Å². The lowest BCUT2D eigenvalue weighted by Crippen LogP contribution is -2.35. The average Bonchev–Trinajstić information content (AvgIpc) is 2.56. The van der Waals surface area contributed by atoms with E-state index in [4.69, 9.17) is 4.74 Å². The Hall–Kier alpha value is -2.30. The summed E-state index contributed by atoms with van der Waals surface area (Å²) in [6.45, 7) is 8.40. The van der Waals surface area contributed by atoms with Crippen LogP contribution in [0.2, 0.25) is 0 Å². The number of nitrogens with one attached hydrogen (secondary N) is 1. The maximum Gasteiger partial charge on any atom is 0.227 e. The van der Waals surface area contributed by atoms with E-state index in [0.717, 1.165) is 36.3 Å². The van der Waals surface area contributed by atoms with Gasteiger partial charge >= 0.3 is 0 Å². The highest BCUT2D eigenvalue weighted by Crippen LogP contribution is 2.23. The van der Waals surface area contributed by atoms with Crippen LogP contribution in [0.25, 0.3) is 0 Å². The Morgan fingerprint density at radius 3 is 2.71 bits per heavy atom. The molecule has 0 aliphatic carbocycles. The largest absolute Gasteiger partial charge is 0.491 e. The number of hydrogen-bond donors (Lipinski definition) is 1. The fraction of sp³-hybridized carbons (Fsp3) is 0.474. The number of ether oxygens (including phenoxy) is 1. The molecule has 0 bridgehead atoms. The summed E-state index contributed by atoms with van der Waals surface area (Å²) in [5.41, 5.74) is 0.989. The Morgan fingerprint density at radius 1 is 1.21 bits per heavy atom. The van der Waals surface area contributed by atoms with Crippen LogP contribution in [-0.4, -0.2) is 29.2 Å². The molecule has 3 rings (SSSR count). The zero-order chi connectivity index (χ0) is 16.9. The van der Waals surface area contributed by atoms with Gasteiger partial charge in [0.2, 0.25) is 5.95 Å². The number of aromatic nitrogens is 2. The highest BCUT2D eigenvalue weighted by Gasteiger charge is 2.18. The SMILES string of the molecule is CC1CCCN(c2nccc(Nc3ccc(OC(C)C)cc3)n2)C1. The van der Waals surface area contributed by atoms with E-state index in [1.807, 2.05) is 50.4 Å². The molecule has 0 amide bonds. The second-order valence-corrected chi connectivity index (χ2v) is 6.75. The van der Waals surface area contributed by atoms with Gasteiger partial charge in [-0.25, -0.2) is 4.98 Å². The normalized spacial score (nSPS) is 17.8. The Kier molecular flexibility index (Phi) is 5.18. The summed E-state index contributed by atoms with van der Waals surface area (Å²) in [4.78, 5) is 11.4. The first-order valence-electron chi connectivity index (χ1n) is 8.72. The molecule has 5 heteroatoms. The summed E-state index contributed by atoms with van der Waals surface area (Å²) in [5, 5.41) is 3.34. The molecule has 2 aromatic rings. The number of benzene rings is 1. The van der Waals surface area contributed by atoms with Gasteiger partial charge < -0.3 is 15.0 Å². The summed E-state index contributed by atoms with van der Waals surface area (Å²) in [6, 6.07) is 9.84. The van der Waals surface area contributed by atoms with Gasteiger partial charge in [-0.15, -0.1) is 0 Å². The molecule has 1 fully saturated rings. The second kappa shape index (κ2) is 7.51. The fourth-order valence-corrected chi connectivity index (χ4v) is 2.98. The third-order valence-electron chi connectivity index (χ3n) is 4.08. The number of rotatable bonds is 5. The van der Waals surface area contributed by atoms with Gasteiger partial charge in [-0.2, -0.15) is 4.98 Å². The van der Waals surface area contributed by atoms with Gasteiger partial charge in [0.05, 0.1) is 6.10 Å². The zero-order valence-corrected chi connectivity index (χ0v) is 14.7. The van der Waals surface area contributed by atoms with Crippen LogP contribution < -0.4 is 15.0 Å². The average molecular weight is 326 g/mol. The first-order valence-corrected chi connectivity index (χ1v) is 8.72. The molecule has 1 aliphatic heterocycles. The third kappa shape index (κ3) is 4.37. The second-order valence-electron chi connectivity index (χ2n) is 6.75. The monoisotopic (exact) mass is 326 g/mol. The summed E-state index contributed by atoms with van der Waals surface area (Å²) >= 11 is 0. The van der Waals surface area contributed by atoms with E-state index >= 15 is 0 Å². The van der Waals surface area contributed by atoms with Crippen molar-refractivity contribution in [1.82, 2.24) is 9.97 Å². The molecule has 24 heavy (non-hydrogen) atoms. The number of piperidine rings is 1. The zero-order valence-electron chi connectivity index (χ0n) is 14.7. The summed E-state index contributed by atoms with van der Waals surface area (Å²) in [7, 11) is 0. The van der Waals surface area contributed by atoms with Crippen LogP contribution >= 0.6 is 0 Å². The standard InChI is InChI=1S/C19H26N4O/c1-14(2)24-17-8-6-16(7-9-17)21-18-10-11-20-19(22-18)23-12-4-5-15(3)13-23/h6-11,14-15H,4-5,12-13H2,1-3H3,(H,20,21,22). The van der Waals surface area contributed by atoms with E-state index in [-0.39, 0.29) is 6.10 Å². The first kappa shape index (κ1) is 16.6. The van der Waals surface area contributed by atoms with E-state index < -0.39 is 0 Å². The molecule has 2 heterocycles. The summed E-state index contributed by atoms with van der Waals surface area (Å²) in [5.74, 6) is 3.20. The molecule has 0 radical (unpaired) electrons. The summed E-state index contributed by atoms with van der Waals surface area (Å²) < 4.78 is 5.67. The molecule has 1 aromatic carbocycles. The van der Waals surface area contributed by atoms with Crippen molar-refractivity contribution >= 4 is 17.5 Å². The Bertz CT molecular complexity index is 657. The van der Waals surface area contributed by atoms with Gasteiger partial charge in [0.1, 0.15) is 11.6 Å². The van der Waals surface area contributed by atoms with Gasteiger partial charge in [0.15, 0.2) is 0 Å². The van der Waals surface area contributed by atoms with Crippen molar-refractivity contribution in [2.75, 3.05) is 23.3 Å². The van der Waals surface area contributed by atoms with Crippen molar-refractivity contribution < 1.29 is 4.74 Å². The molecule has 1 N–H and O–H groups in total. The van der Waals surface area contributed by atoms with Gasteiger partial charge in [0.25, 0.3) is 0 Å². The van der Waals surface area contributed by atoms with Crippen LogP contribution in [0, 0.1) is 5.92 Å². The fourth-order valence-electron chi connectivity index (χ4n) is 2.98. The molecule has 1 saturated heterocycles. The van der Waals surface area contributed by atoms with Crippen LogP contribution in [-0.2, 0) is 0 Å². The number of anilines is 3. The van der Waals surface area contributed by atoms with E-state index in [2.05, 4.69) is 27.1 Å². The number of hydrogen-bond acceptors (Lipinski definition) is 5. The third-order valence-corrected chi connectivity index (χ3v) is 4.08. The predicted octanol–water partition coefficient (Wildman–Crippen LogP) is 4.24. The minimum Gasteiger partial charge on any atom is -0.491 e. The first-order chi connectivity index (χ1) is 11.6. The Labute approximate surface area is 144 Å². The maximum absolute atomic E-state index is 5.67. The summed E-state index contributed by atoms with van der Waals surface area (Å²) in [6.07, 6.45) is 4.50. The van der Waals surface area contributed by atoms with E-state index in [1.54, 1.807) is 0 Å². The quantitative estimate of drug-likeness (QED) is 0.890. The highest BCUT2D eigenvalue weighted by atomic mass is 16.5. The van der Waals surface area contributed by atoms with E-state index in [9.17, 15) is 0 Å². The van der Waals surface area contributed by atoms with Crippen LogP contribution in [0.5, 0.6) is 5.75 Å². The molecule has 0 spiro atoms. The molecule has 0 saturated carbocycles. The van der Waals surface area contributed by atoms with Crippen molar-refractivity contribution in [2.24, 2.45) is 5.92 Å². The molecular formula is C19H26N4O. The van der Waals surface area contributed by atoms with Crippen LogP contribution in [0.3, 0.4) is 0 Å². The minimum atomic E-state index is 0.181. The van der Waals surface area contributed by atoms with Crippen LogP contribution in [0.15, 0.2) is 36.5 Å². The lowest BCUT2D eigenvalue weighted by Gasteiger charge is -2.30. The van der Waals surface area contributed by atoms with Gasteiger partial charge in [-0.1, -0.05) is 6.92 Å². The Balaban J connectivity index is 1.68. The lowest BCUT2D eigenvalue weighted by atomic mass is 10.0. The topological polar surface area (TPSA) is 50.3 Å². The van der Waals surface area contributed by atoms with Crippen molar-refractivity contribution in [3.63, 3.8) is 0 Å². The smallest absolute Gasteiger partial charge is 0.227 e. The lowest BCUT2D eigenvalue weighted by molar-refractivity contribution is 0.242. The molecule has 1 aliphatic rings. The highest BCUT2D eigenvalue weighted by molar-refractivity contribution is 5.58. The van der Waals surface area contributed by atoms with E-state index in [1.165, 1.54) is 12.8 Å². The van der Waals surface area contributed by atoms with E-state index in [0.29, 0.717) is 5.92 Å². The van der Waals surface area contributed by atoms with Crippen molar-refractivity contribution in [2.45, 2.75) is 39.7 Å². The molecule has 1 atom stereocenters. The maximum atomic E-state index is 5.67. The van der Waals surface area contributed by atoms with Crippen LogP contribution in [0.1, 0.15) is 33.6 Å². The molecular weight excluding hydrogens is 300 g/mol. The number of nitrogens with zero attached hydrogens (tertiary/aromatic N) is 3. The minimum absolute atomic E-state index is 0.181. The van der Waals surface area contributed by atoms with Gasteiger partial charge in [0, 0.05) is 25.0 Å². The molecule has 1 aromatic heterocycles. The van der Waals surface area contributed by atoms with Crippen LogP contribution in [0.4, 0.5) is 17.5 Å². The van der Waals surface area contributed by atoms with Gasteiger partial charge in [-0.3, -0.25) is 0 Å². The van der Waals surface area contributed by atoms with Crippen molar-refractivity contribution in [3.8, 4) is 5.75 Å². The predicted molar refractivity (Wildman–Crippen MR) is 98.1 cm³/mol. The van der Waals surface area contributed by atoms with Gasteiger partial charge in [-0.05, 0) is 62.9 Å².